The van der Waals surface area contributed by atoms with Gasteiger partial charge in [-0.05, 0) is 40.7 Å². The molecule has 0 spiro atoms. The SMILES string of the molecule is CSCC(CCO)NC(=O)Nc1ccccc1Br. The molecule has 0 heterocycles. The van der Waals surface area contributed by atoms with Crippen molar-refractivity contribution in [3.63, 3.8) is 0 Å². The van der Waals surface area contributed by atoms with Crippen LogP contribution in [-0.2, 0) is 0 Å². The molecule has 1 aromatic carbocycles. The molecule has 1 rings (SSSR count). The number of aliphatic hydroxyl groups excluding tert-OH is 1. The zero-order chi connectivity index (χ0) is 13.4. The third-order valence-electron chi connectivity index (χ3n) is 2.30. The normalized spacial score (nSPS) is 11.9. The first kappa shape index (κ1) is 15.3. The van der Waals surface area contributed by atoms with Crippen LogP contribution in [0.5, 0.6) is 0 Å². The van der Waals surface area contributed by atoms with Crippen LogP contribution in [0.2, 0.25) is 0 Å². The molecule has 2 amide bonds. The van der Waals surface area contributed by atoms with E-state index in [0.717, 1.165) is 15.9 Å². The monoisotopic (exact) mass is 332 g/mol. The third kappa shape index (κ3) is 5.29. The molecule has 0 aliphatic carbocycles. The van der Waals surface area contributed by atoms with Crippen molar-refractivity contribution in [1.82, 2.24) is 5.32 Å². The Hall–Kier alpha value is -0.720. The van der Waals surface area contributed by atoms with Crippen molar-refractivity contribution in [2.45, 2.75) is 12.5 Å². The summed E-state index contributed by atoms with van der Waals surface area (Å²) in [5.41, 5.74) is 0.724. The zero-order valence-electron chi connectivity index (χ0n) is 10.1. The highest BCUT2D eigenvalue weighted by atomic mass is 79.9. The van der Waals surface area contributed by atoms with Crippen LogP contribution in [0.4, 0.5) is 10.5 Å². The van der Waals surface area contributed by atoms with Gasteiger partial charge in [0.05, 0.1) is 5.69 Å². The Bertz CT molecular complexity index is 384. The number of aliphatic hydroxyl groups is 1. The molecule has 0 aromatic heterocycles. The summed E-state index contributed by atoms with van der Waals surface area (Å²) in [4.78, 5) is 11.8. The Balaban J connectivity index is 2.52. The summed E-state index contributed by atoms with van der Waals surface area (Å²) >= 11 is 5.00. The van der Waals surface area contributed by atoms with E-state index < -0.39 is 0 Å². The molecule has 0 saturated carbocycles. The Labute approximate surface area is 120 Å². The molecule has 0 saturated heterocycles. The quantitative estimate of drug-likeness (QED) is 0.750. The van der Waals surface area contributed by atoms with Crippen molar-refractivity contribution in [1.29, 1.82) is 0 Å². The average molecular weight is 333 g/mol. The minimum atomic E-state index is -0.255. The number of urea groups is 1. The Morgan fingerprint density at radius 2 is 2.22 bits per heavy atom. The number of hydrogen-bond donors (Lipinski definition) is 3. The van der Waals surface area contributed by atoms with E-state index in [1.54, 1.807) is 11.8 Å². The number of thioether (sulfide) groups is 1. The number of halogens is 1. The number of hydrogen-bond acceptors (Lipinski definition) is 3. The van der Waals surface area contributed by atoms with Gasteiger partial charge in [0.1, 0.15) is 0 Å². The molecular weight excluding hydrogens is 316 g/mol. The lowest BCUT2D eigenvalue weighted by atomic mass is 10.2. The highest BCUT2D eigenvalue weighted by molar-refractivity contribution is 9.10. The van der Waals surface area contributed by atoms with Gasteiger partial charge in [-0.2, -0.15) is 11.8 Å². The maximum atomic E-state index is 11.8. The predicted octanol–water partition coefficient (Wildman–Crippen LogP) is 2.68. The lowest BCUT2D eigenvalue weighted by molar-refractivity contribution is 0.241. The molecule has 0 bridgehead atoms. The Kier molecular flexibility index (Phi) is 7.15. The molecule has 100 valence electrons. The number of anilines is 1. The third-order valence-corrected chi connectivity index (χ3v) is 3.73. The van der Waals surface area contributed by atoms with Gasteiger partial charge in [-0.3, -0.25) is 0 Å². The number of carbonyl (C=O) groups is 1. The second-order valence-corrected chi connectivity index (χ2v) is 5.51. The van der Waals surface area contributed by atoms with Crippen LogP contribution in [0, 0.1) is 0 Å². The molecule has 1 atom stereocenters. The minimum absolute atomic E-state index is 0.0208. The molecule has 1 unspecified atom stereocenters. The van der Waals surface area contributed by atoms with Gasteiger partial charge in [-0.15, -0.1) is 0 Å². The van der Waals surface area contributed by atoms with Crippen molar-refractivity contribution >= 4 is 39.4 Å². The van der Waals surface area contributed by atoms with Gasteiger partial charge in [-0.25, -0.2) is 4.79 Å². The number of carbonyl (C=O) groups excluding carboxylic acids is 1. The van der Waals surface area contributed by atoms with Gasteiger partial charge in [0.2, 0.25) is 0 Å². The van der Waals surface area contributed by atoms with Crippen LogP contribution in [0.25, 0.3) is 0 Å². The van der Waals surface area contributed by atoms with Crippen LogP contribution in [0.1, 0.15) is 6.42 Å². The second-order valence-electron chi connectivity index (χ2n) is 3.74. The summed E-state index contributed by atoms with van der Waals surface area (Å²) in [7, 11) is 0. The van der Waals surface area contributed by atoms with Crippen molar-refractivity contribution in [3.8, 4) is 0 Å². The van der Waals surface area contributed by atoms with Crippen molar-refractivity contribution in [3.05, 3.63) is 28.7 Å². The maximum absolute atomic E-state index is 11.8. The van der Waals surface area contributed by atoms with Crippen LogP contribution >= 0.6 is 27.7 Å². The van der Waals surface area contributed by atoms with Gasteiger partial charge in [0.15, 0.2) is 0 Å². The van der Waals surface area contributed by atoms with E-state index in [-0.39, 0.29) is 18.7 Å². The van der Waals surface area contributed by atoms with E-state index in [0.29, 0.717) is 6.42 Å². The van der Waals surface area contributed by atoms with E-state index in [4.69, 9.17) is 5.11 Å². The minimum Gasteiger partial charge on any atom is -0.396 e. The van der Waals surface area contributed by atoms with Gasteiger partial charge >= 0.3 is 6.03 Å². The van der Waals surface area contributed by atoms with Gasteiger partial charge < -0.3 is 15.7 Å². The van der Waals surface area contributed by atoms with Crippen LogP contribution in [0.15, 0.2) is 28.7 Å². The fraction of sp³-hybridized carbons (Fsp3) is 0.417. The average Bonchev–Trinajstić information content (AvgIpc) is 2.33. The second kappa shape index (κ2) is 8.39. The highest BCUT2D eigenvalue weighted by Gasteiger charge is 2.11. The van der Waals surface area contributed by atoms with Crippen molar-refractivity contribution in [2.24, 2.45) is 0 Å². The molecular formula is C12H17BrN2O2S. The maximum Gasteiger partial charge on any atom is 0.319 e. The van der Waals surface area contributed by atoms with Crippen LogP contribution in [-0.4, -0.2) is 35.8 Å². The summed E-state index contributed by atoms with van der Waals surface area (Å²) in [6, 6.07) is 7.15. The predicted molar refractivity (Wildman–Crippen MR) is 80.2 cm³/mol. The number of benzene rings is 1. The Morgan fingerprint density at radius 3 is 2.83 bits per heavy atom. The van der Waals surface area contributed by atoms with Crippen molar-refractivity contribution < 1.29 is 9.90 Å². The standard InChI is InChI=1S/C12H17BrN2O2S/c1-18-8-9(6-7-16)14-12(17)15-11-5-3-2-4-10(11)13/h2-5,9,16H,6-8H2,1H3,(H2,14,15,17). The topological polar surface area (TPSA) is 61.4 Å². The summed E-state index contributed by atoms with van der Waals surface area (Å²) in [6.07, 6.45) is 2.53. The van der Waals surface area contributed by atoms with Gasteiger partial charge in [0, 0.05) is 22.9 Å². The molecule has 0 fully saturated rings. The number of para-hydroxylation sites is 1. The molecule has 0 aliphatic rings. The number of nitrogens with one attached hydrogen (secondary N) is 2. The first-order valence-electron chi connectivity index (χ1n) is 5.59. The smallest absolute Gasteiger partial charge is 0.319 e. The lowest BCUT2D eigenvalue weighted by Crippen LogP contribution is -2.40. The highest BCUT2D eigenvalue weighted by Crippen LogP contribution is 2.20. The summed E-state index contributed by atoms with van der Waals surface area (Å²) in [6.45, 7) is 0.0700. The van der Waals surface area contributed by atoms with Crippen LogP contribution in [0.3, 0.4) is 0 Å². The lowest BCUT2D eigenvalue weighted by Gasteiger charge is -2.17. The molecule has 1 aromatic rings. The molecule has 18 heavy (non-hydrogen) atoms. The fourth-order valence-electron chi connectivity index (χ4n) is 1.46. The molecule has 4 nitrogen and oxygen atoms in total. The van der Waals surface area contributed by atoms with Gasteiger partial charge in [0.25, 0.3) is 0 Å². The molecule has 3 N–H and O–H groups in total. The molecule has 0 aliphatic heterocycles. The largest absolute Gasteiger partial charge is 0.396 e. The summed E-state index contributed by atoms with van der Waals surface area (Å²) in [5, 5.41) is 14.5. The summed E-state index contributed by atoms with van der Waals surface area (Å²) < 4.78 is 0.837. The molecule has 0 radical (unpaired) electrons. The molecule has 6 heteroatoms. The Morgan fingerprint density at radius 1 is 1.50 bits per heavy atom. The van der Waals surface area contributed by atoms with E-state index in [1.807, 2.05) is 30.5 Å². The van der Waals surface area contributed by atoms with Crippen LogP contribution < -0.4 is 10.6 Å². The van der Waals surface area contributed by atoms with Crippen molar-refractivity contribution in [2.75, 3.05) is 23.9 Å². The van der Waals surface area contributed by atoms with E-state index in [9.17, 15) is 4.79 Å². The number of rotatable bonds is 6. The van der Waals surface area contributed by atoms with E-state index in [1.165, 1.54) is 0 Å². The number of amides is 2. The zero-order valence-corrected chi connectivity index (χ0v) is 12.6. The summed E-state index contributed by atoms with van der Waals surface area (Å²) in [5.74, 6) is 0.782. The van der Waals surface area contributed by atoms with E-state index >= 15 is 0 Å². The first-order chi connectivity index (χ1) is 8.67. The first-order valence-corrected chi connectivity index (χ1v) is 7.78. The fourth-order valence-corrected chi connectivity index (χ4v) is 2.50. The van der Waals surface area contributed by atoms with Gasteiger partial charge in [-0.1, -0.05) is 12.1 Å². The van der Waals surface area contributed by atoms with E-state index in [2.05, 4.69) is 26.6 Å².